The zero-order valence-electron chi connectivity index (χ0n) is 15.1. The largest absolute Gasteiger partial charge is 0.366 e. The highest BCUT2D eigenvalue weighted by molar-refractivity contribution is 6.03. The predicted molar refractivity (Wildman–Crippen MR) is 102 cm³/mol. The SMILES string of the molecule is CCN1CCN(c2cccn3nc(NC(=O)c4ccccc4F)nc23)CC1. The summed E-state index contributed by atoms with van der Waals surface area (Å²) in [5.41, 5.74) is 1.62. The van der Waals surface area contributed by atoms with Gasteiger partial charge in [-0.15, -0.1) is 5.10 Å². The number of nitrogens with one attached hydrogen (secondary N) is 1. The van der Waals surface area contributed by atoms with Crippen LogP contribution in [0.5, 0.6) is 0 Å². The van der Waals surface area contributed by atoms with E-state index in [1.807, 2.05) is 12.1 Å². The van der Waals surface area contributed by atoms with Gasteiger partial charge in [-0.05, 0) is 30.8 Å². The van der Waals surface area contributed by atoms with E-state index >= 15 is 0 Å². The first-order chi connectivity index (χ1) is 13.2. The number of nitrogens with zero attached hydrogens (tertiary/aromatic N) is 5. The van der Waals surface area contributed by atoms with E-state index in [1.165, 1.54) is 12.1 Å². The lowest BCUT2D eigenvalue weighted by atomic mass is 10.2. The van der Waals surface area contributed by atoms with Crippen molar-refractivity contribution in [2.24, 2.45) is 0 Å². The second-order valence-corrected chi connectivity index (χ2v) is 6.45. The van der Waals surface area contributed by atoms with E-state index < -0.39 is 11.7 Å². The van der Waals surface area contributed by atoms with Gasteiger partial charge in [-0.1, -0.05) is 19.1 Å². The van der Waals surface area contributed by atoms with Crippen molar-refractivity contribution >= 4 is 23.2 Å². The predicted octanol–water partition coefficient (Wildman–Crippen LogP) is 2.26. The number of pyridine rings is 1. The van der Waals surface area contributed by atoms with Crippen LogP contribution < -0.4 is 10.2 Å². The molecule has 1 N–H and O–H groups in total. The number of carbonyl (C=O) groups excluding carboxylic acids is 1. The number of likely N-dealkylation sites (N-methyl/N-ethyl adjacent to an activating group) is 1. The molecule has 0 aliphatic carbocycles. The van der Waals surface area contributed by atoms with Crippen LogP contribution in [0.2, 0.25) is 0 Å². The molecule has 0 saturated carbocycles. The maximum atomic E-state index is 13.8. The number of hydrogen-bond acceptors (Lipinski definition) is 5. The van der Waals surface area contributed by atoms with E-state index in [9.17, 15) is 9.18 Å². The lowest BCUT2D eigenvalue weighted by Crippen LogP contribution is -2.46. The van der Waals surface area contributed by atoms with Crippen LogP contribution in [-0.4, -0.2) is 58.1 Å². The first kappa shape index (κ1) is 17.4. The molecule has 1 aliphatic heterocycles. The third kappa shape index (κ3) is 3.48. The molecule has 0 spiro atoms. The Morgan fingerprint density at radius 1 is 1.15 bits per heavy atom. The smallest absolute Gasteiger partial charge is 0.261 e. The molecule has 1 saturated heterocycles. The number of fused-ring (bicyclic) bond motifs is 1. The second kappa shape index (κ2) is 7.32. The Morgan fingerprint density at radius 3 is 2.67 bits per heavy atom. The maximum absolute atomic E-state index is 13.8. The molecule has 3 aromatic rings. The Bertz CT molecular complexity index is 964. The molecule has 27 heavy (non-hydrogen) atoms. The number of rotatable bonds is 4. The lowest BCUT2D eigenvalue weighted by molar-refractivity contribution is 0.102. The van der Waals surface area contributed by atoms with E-state index in [0.717, 1.165) is 38.4 Å². The zero-order chi connectivity index (χ0) is 18.8. The second-order valence-electron chi connectivity index (χ2n) is 6.45. The zero-order valence-corrected chi connectivity index (χ0v) is 15.1. The summed E-state index contributed by atoms with van der Waals surface area (Å²) in [5, 5.41) is 6.89. The molecular formula is C19H21FN6O. The summed E-state index contributed by atoms with van der Waals surface area (Å²) in [6, 6.07) is 9.75. The molecule has 0 radical (unpaired) electrons. The Balaban J connectivity index is 1.58. The molecule has 1 fully saturated rings. The summed E-state index contributed by atoms with van der Waals surface area (Å²) in [6.45, 7) is 7.05. The number of benzene rings is 1. The number of halogens is 1. The van der Waals surface area contributed by atoms with Crippen LogP contribution in [0.1, 0.15) is 17.3 Å². The summed E-state index contributed by atoms with van der Waals surface area (Å²) in [6.07, 6.45) is 1.78. The normalized spacial score (nSPS) is 15.3. The van der Waals surface area contributed by atoms with Gasteiger partial charge in [0, 0.05) is 32.4 Å². The Morgan fingerprint density at radius 2 is 1.93 bits per heavy atom. The lowest BCUT2D eigenvalue weighted by Gasteiger charge is -2.35. The van der Waals surface area contributed by atoms with Crippen LogP contribution in [0.25, 0.3) is 5.65 Å². The molecule has 8 heteroatoms. The number of anilines is 2. The Hall–Kier alpha value is -3.00. The van der Waals surface area contributed by atoms with Crippen LogP contribution in [0.4, 0.5) is 16.0 Å². The van der Waals surface area contributed by atoms with Crippen molar-refractivity contribution < 1.29 is 9.18 Å². The topological polar surface area (TPSA) is 65.8 Å². The van der Waals surface area contributed by atoms with Crippen LogP contribution in [-0.2, 0) is 0 Å². The first-order valence-corrected chi connectivity index (χ1v) is 9.04. The van der Waals surface area contributed by atoms with Crippen LogP contribution in [0, 0.1) is 5.82 Å². The molecule has 1 amide bonds. The van der Waals surface area contributed by atoms with Crippen molar-refractivity contribution in [1.82, 2.24) is 19.5 Å². The highest BCUT2D eigenvalue weighted by Gasteiger charge is 2.20. The van der Waals surface area contributed by atoms with Crippen molar-refractivity contribution in [1.29, 1.82) is 0 Å². The van der Waals surface area contributed by atoms with Crippen molar-refractivity contribution in [2.75, 3.05) is 42.9 Å². The van der Waals surface area contributed by atoms with E-state index in [0.29, 0.717) is 5.65 Å². The van der Waals surface area contributed by atoms with Gasteiger partial charge in [0.1, 0.15) is 5.82 Å². The van der Waals surface area contributed by atoms with Crippen LogP contribution in [0.3, 0.4) is 0 Å². The number of carbonyl (C=O) groups is 1. The molecular weight excluding hydrogens is 347 g/mol. The summed E-state index contributed by atoms with van der Waals surface area (Å²) < 4.78 is 15.4. The average Bonchev–Trinajstić information content (AvgIpc) is 3.10. The molecule has 140 valence electrons. The van der Waals surface area contributed by atoms with Gasteiger partial charge in [-0.2, -0.15) is 4.98 Å². The Kier molecular flexibility index (Phi) is 4.72. The highest BCUT2D eigenvalue weighted by atomic mass is 19.1. The Labute approximate surface area is 156 Å². The molecule has 4 rings (SSSR count). The van der Waals surface area contributed by atoms with Crippen molar-refractivity contribution in [3.63, 3.8) is 0 Å². The van der Waals surface area contributed by atoms with E-state index in [2.05, 4.69) is 32.1 Å². The third-order valence-electron chi connectivity index (χ3n) is 4.85. The molecule has 7 nitrogen and oxygen atoms in total. The number of hydrogen-bond donors (Lipinski definition) is 1. The molecule has 0 bridgehead atoms. The minimum atomic E-state index is -0.576. The van der Waals surface area contributed by atoms with E-state index in [-0.39, 0.29) is 11.5 Å². The number of aromatic nitrogens is 3. The van der Waals surface area contributed by atoms with Gasteiger partial charge in [0.25, 0.3) is 5.91 Å². The average molecular weight is 368 g/mol. The van der Waals surface area contributed by atoms with Gasteiger partial charge in [-0.3, -0.25) is 10.1 Å². The van der Waals surface area contributed by atoms with Crippen molar-refractivity contribution in [3.8, 4) is 0 Å². The molecule has 2 aromatic heterocycles. The van der Waals surface area contributed by atoms with Crippen LogP contribution in [0.15, 0.2) is 42.6 Å². The van der Waals surface area contributed by atoms with Gasteiger partial charge < -0.3 is 9.80 Å². The minimum absolute atomic E-state index is 0.0349. The fraction of sp³-hybridized carbons (Fsp3) is 0.316. The molecule has 1 aliphatic rings. The fourth-order valence-electron chi connectivity index (χ4n) is 3.31. The van der Waals surface area contributed by atoms with E-state index in [4.69, 9.17) is 0 Å². The standard InChI is InChI=1S/C19H21FN6O/c1-2-24-10-12-25(13-11-24)16-8-5-9-26-17(16)21-19(23-26)22-18(27)14-6-3-4-7-15(14)20/h3-9H,2,10-13H2,1H3,(H,22,23,27). The van der Waals surface area contributed by atoms with Crippen molar-refractivity contribution in [3.05, 3.63) is 54.0 Å². The monoisotopic (exact) mass is 368 g/mol. The summed E-state index contributed by atoms with van der Waals surface area (Å²) in [5.74, 6) is -0.988. The van der Waals surface area contributed by atoms with Gasteiger partial charge in [0.15, 0.2) is 5.65 Å². The summed E-state index contributed by atoms with van der Waals surface area (Å²) in [7, 11) is 0. The summed E-state index contributed by atoms with van der Waals surface area (Å²) in [4.78, 5) is 21.5. The minimum Gasteiger partial charge on any atom is -0.366 e. The van der Waals surface area contributed by atoms with Crippen LogP contribution >= 0.6 is 0 Å². The molecule has 0 unspecified atom stereocenters. The van der Waals surface area contributed by atoms with Gasteiger partial charge in [0.05, 0.1) is 11.3 Å². The maximum Gasteiger partial charge on any atom is 0.261 e. The molecule has 3 heterocycles. The quantitative estimate of drug-likeness (QED) is 0.765. The molecule has 1 aromatic carbocycles. The van der Waals surface area contributed by atoms with Gasteiger partial charge in [0.2, 0.25) is 5.95 Å². The number of amides is 1. The van der Waals surface area contributed by atoms with Gasteiger partial charge in [-0.25, -0.2) is 8.91 Å². The highest BCUT2D eigenvalue weighted by Crippen LogP contribution is 2.22. The van der Waals surface area contributed by atoms with Crippen molar-refractivity contribution in [2.45, 2.75) is 6.92 Å². The van der Waals surface area contributed by atoms with Gasteiger partial charge >= 0.3 is 0 Å². The number of piperazine rings is 1. The third-order valence-corrected chi connectivity index (χ3v) is 4.85. The first-order valence-electron chi connectivity index (χ1n) is 9.04. The fourth-order valence-corrected chi connectivity index (χ4v) is 3.31. The van der Waals surface area contributed by atoms with E-state index in [1.54, 1.807) is 22.8 Å². The summed E-state index contributed by atoms with van der Waals surface area (Å²) >= 11 is 0. The molecule has 0 atom stereocenters.